The third-order valence-electron chi connectivity index (χ3n) is 2.36. The molecule has 2 rings (SSSR count). The fourth-order valence-electron chi connectivity index (χ4n) is 1.43. The molecule has 6 nitrogen and oxygen atoms in total. The van der Waals surface area contributed by atoms with Crippen LogP contribution in [-0.2, 0) is 16.6 Å². The number of hydrogen-bond donors (Lipinski definition) is 2. The fourth-order valence-corrected chi connectivity index (χ4v) is 2.67. The predicted octanol–water partition coefficient (Wildman–Crippen LogP) is 1.39. The molecule has 8 heteroatoms. The Labute approximate surface area is 115 Å². The zero-order valence-corrected chi connectivity index (χ0v) is 11.3. The van der Waals surface area contributed by atoms with Crippen LogP contribution in [0.1, 0.15) is 5.56 Å². The van der Waals surface area contributed by atoms with E-state index < -0.39 is 10.0 Å². The van der Waals surface area contributed by atoms with E-state index in [0.717, 1.165) is 0 Å². The van der Waals surface area contributed by atoms with Crippen molar-refractivity contribution in [1.82, 2.24) is 10.2 Å². The summed E-state index contributed by atoms with van der Waals surface area (Å²) in [5.41, 5.74) is 6.05. The summed E-state index contributed by atoms with van der Waals surface area (Å²) in [4.78, 5) is 0.0722. The van der Waals surface area contributed by atoms with Crippen molar-refractivity contribution in [3.63, 3.8) is 0 Å². The third kappa shape index (κ3) is 3.19. The Morgan fingerprint density at radius 1 is 1.32 bits per heavy atom. The summed E-state index contributed by atoms with van der Waals surface area (Å²) in [5.74, 6) is 0.145. The second-order valence-electron chi connectivity index (χ2n) is 3.67. The van der Waals surface area contributed by atoms with Gasteiger partial charge in [0.25, 0.3) is 10.0 Å². The molecule has 3 N–H and O–H groups in total. The van der Waals surface area contributed by atoms with Crippen LogP contribution in [0.4, 0.5) is 5.82 Å². The van der Waals surface area contributed by atoms with Crippen LogP contribution in [0.2, 0.25) is 5.02 Å². The van der Waals surface area contributed by atoms with Gasteiger partial charge in [0.2, 0.25) is 0 Å². The standard InChI is InChI=1S/C11H11ClN4O2S/c12-10-4-3-9(6-8(10)7-13)19(17,18)16-11-2-1-5-14-15-11/h1-6H,7,13H2,(H,15,16). The number of hydrogen-bond acceptors (Lipinski definition) is 5. The average molecular weight is 299 g/mol. The molecular formula is C11H11ClN4O2S. The molecule has 2 aromatic rings. The maximum Gasteiger partial charge on any atom is 0.263 e. The van der Waals surface area contributed by atoms with Crippen molar-refractivity contribution in [2.45, 2.75) is 11.4 Å². The summed E-state index contributed by atoms with van der Waals surface area (Å²) in [6.07, 6.45) is 1.45. The fraction of sp³-hybridized carbons (Fsp3) is 0.0909. The van der Waals surface area contributed by atoms with Crippen molar-refractivity contribution < 1.29 is 8.42 Å². The van der Waals surface area contributed by atoms with Crippen LogP contribution in [0.3, 0.4) is 0 Å². The summed E-state index contributed by atoms with van der Waals surface area (Å²) in [6, 6.07) is 7.42. The third-order valence-corrected chi connectivity index (χ3v) is 4.08. The van der Waals surface area contributed by atoms with Crippen molar-refractivity contribution in [1.29, 1.82) is 0 Å². The monoisotopic (exact) mass is 298 g/mol. The minimum Gasteiger partial charge on any atom is -0.326 e. The topological polar surface area (TPSA) is 98.0 Å². The molecule has 1 aromatic carbocycles. The van der Waals surface area contributed by atoms with Gasteiger partial charge in [0.05, 0.1) is 4.90 Å². The number of anilines is 1. The van der Waals surface area contributed by atoms with E-state index in [9.17, 15) is 8.42 Å². The van der Waals surface area contributed by atoms with Gasteiger partial charge >= 0.3 is 0 Å². The lowest BCUT2D eigenvalue weighted by molar-refractivity contribution is 0.601. The van der Waals surface area contributed by atoms with Crippen LogP contribution < -0.4 is 10.5 Å². The van der Waals surface area contributed by atoms with E-state index in [0.29, 0.717) is 10.6 Å². The first kappa shape index (κ1) is 13.7. The molecule has 0 aliphatic rings. The van der Waals surface area contributed by atoms with Gasteiger partial charge in [0, 0.05) is 17.8 Å². The quantitative estimate of drug-likeness (QED) is 0.889. The van der Waals surface area contributed by atoms with Crippen molar-refractivity contribution >= 4 is 27.4 Å². The maximum atomic E-state index is 12.1. The number of halogens is 1. The van der Waals surface area contributed by atoms with Gasteiger partial charge in [0.1, 0.15) is 0 Å². The van der Waals surface area contributed by atoms with Crippen LogP contribution in [0, 0.1) is 0 Å². The van der Waals surface area contributed by atoms with Crippen LogP contribution in [0.15, 0.2) is 41.4 Å². The van der Waals surface area contributed by atoms with Crippen LogP contribution in [-0.4, -0.2) is 18.6 Å². The SMILES string of the molecule is NCc1cc(S(=O)(=O)Nc2cccnn2)ccc1Cl. The highest BCUT2D eigenvalue weighted by Crippen LogP contribution is 2.21. The zero-order chi connectivity index (χ0) is 13.9. The molecule has 1 aromatic heterocycles. The molecule has 0 saturated carbocycles. The van der Waals surface area contributed by atoms with E-state index >= 15 is 0 Å². The van der Waals surface area contributed by atoms with E-state index in [-0.39, 0.29) is 17.3 Å². The van der Waals surface area contributed by atoms with Crippen molar-refractivity contribution in [2.75, 3.05) is 4.72 Å². The number of rotatable bonds is 4. The number of benzene rings is 1. The minimum absolute atomic E-state index is 0.0722. The van der Waals surface area contributed by atoms with E-state index in [1.807, 2.05) is 0 Å². The molecule has 0 atom stereocenters. The predicted molar refractivity (Wildman–Crippen MR) is 72.2 cm³/mol. The summed E-state index contributed by atoms with van der Waals surface area (Å²) in [6.45, 7) is 0.160. The Morgan fingerprint density at radius 3 is 2.74 bits per heavy atom. The smallest absolute Gasteiger partial charge is 0.263 e. The van der Waals surface area contributed by atoms with Crippen molar-refractivity contribution in [2.24, 2.45) is 5.73 Å². The van der Waals surface area contributed by atoms with Gasteiger partial charge in [-0.25, -0.2) is 8.42 Å². The molecule has 0 saturated heterocycles. The van der Waals surface area contributed by atoms with Gasteiger partial charge in [0.15, 0.2) is 5.82 Å². The molecule has 0 amide bonds. The van der Waals surface area contributed by atoms with Gasteiger partial charge in [-0.15, -0.1) is 5.10 Å². The van der Waals surface area contributed by atoms with Gasteiger partial charge in [-0.2, -0.15) is 5.10 Å². The highest BCUT2D eigenvalue weighted by atomic mass is 35.5. The van der Waals surface area contributed by atoms with Crippen molar-refractivity contribution in [3.05, 3.63) is 47.1 Å². The number of nitrogens with one attached hydrogen (secondary N) is 1. The first-order valence-electron chi connectivity index (χ1n) is 5.32. The summed E-state index contributed by atoms with van der Waals surface area (Å²) < 4.78 is 26.6. The molecule has 0 bridgehead atoms. The molecule has 100 valence electrons. The molecule has 19 heavy (non-hydrogen) atoms. The second kappa shape index (κ2) is 5.52. The number of nitrogens with two attached hydrogens (primary N) is 1. The number of sulfonamides is 1. The van der Waals surface area contributed by atoms with Crippen LogP contribution >= 0.6 is 11.6 Å². The van der Waals surface area contributed by atoms with Crippen LogP contribution in [0.25, 0.3) is 0 Å². The molecule has 0 fully saturated rings. The molecular weight excluding hydrogens is 288 g/mol. The molecule has 0 radical (unpaired) electrons. The second-order valence-corrected chi connectivity index (χ2v) is 5.76. The summed E-state index contributed by atoms with van der Waals surface area (Å²) in [7, 11) is -3.73. The van der Waals surface area contributed by atoms with E-state index in [2.05, 4.69) is 14.9 Å². The Hall–Kier alpha value is -1.70. The molecule has 0 aliphatic carbocycles. The van der Waals surface area contributed by atoms with E-state index in [1.54, 1.807) is 6.07 Å². The highest BCUT2D eigenvalue weighted by molar-refractivity contribution is 7.92. The lowest BCUT2D eigenvalue weighted by atomic mass is 10.2. The van der Waals surface area contributed by atoms with Gasteiger partial charge in [-0.3, -0.25) is 4.72 Å². The van der Waals surface area contributed by atoms with Gasteiger partial charge in [-0.1, -0.05) is 11.6 Å². The molecule has 0 spiro atoms. The Bertz CT molecular complexity index is 676. The lowest BCUT2D eigenvalue weighted by Crippen LogP contribution is -2.14. The summed E-state index contributed by atoms with van der Waals surface area (Å²) in [5, 5.41) is 7.68. The van der Waals surface area contributed by atoms with E-state index in [4.69, 9.17) is 17.3 Å². The number of nitrogens with zero attached hydrogens (tertiary/aromatic N) is 2. The molecule has 1 heterocycles. The summed E-state index contributed by atoms with van der Waals surface area (Å²) >= 11 is 5.89. The molecule has 0 aliphatic heterocycles. The minimum atomic E-state index is -3.73. The van der Waals surface area contributed by atoms with Crippen molar-refractivity contribution in [3.8, 4) is 0 Å². The Kier molecular flexibility index (Phi) is 3.98. The molecule has 0 unspecified atom stereocenters. The Balaban J connectivity index is 2.35. The normalized spacial score (nSPS) is 11.3. The first-order valence-corrected chi connectivity index (χ1v) is 7.18. The Morgan fingerprint density at radius 2 is 2.11 bits per heavy atom. The highest BCUT2D eigenvalue weighted by Gasteiger charge is 2.16. The largest absolute Gasteiger partial charge is 0.326 e. The van der Waals surface area contributed by atoms with Gasteiger partial charge in [-0.05, 0) is 35.9 Å². The van der Waals surface area contributed by atoms with Gasteiger partial charge < -0.3 is 5.73 Å². The van der Waals surface area contributed by atoms with E-state index in [1.165, 1.54) is 30.5 Å². The maximum absolute atomic E-state index is 12.1. The lowest BCUT2D eigenvalue weighted by Gasteiger charge is -2.08. The first-order chi connectivity index (χ1) is 9.03. The average Bonchev–Trinajstić information content (AvgIpc) is 2.39. The zero-order valence-electron chi connectivity index (χ0n) is 9.75. The van der Waals surface area contributed by atoms with Crippen LogP contribution in [0.5, 0.6) is 0 Å². The number of aromatic nitrogens is 2.